The van der Waals surface area contributed by atoms with Gasteiger partial charge in [0.25, 0.3) is 11.8 Å². The summed E-state index contributed by atoms with van der Waals surface area (Å²) >= 11 is 0. The number of aromatic nitrogens is 4. The van der Waals surface area contributed by atoms with Gasteiger partial charge >= 0.3 is 0 Å². The minimum absolute atomic E-state index is 0.129. The zero-order valence-corrected chi connectivity index (χ0v) is 12.4. The molecular weight excluding hydrogens is 298 g/mol. The molecule has 0 spiro atoms. The Morgan fingerprint density at radius 3 is 2.35 bits per heavy atom. The maximum atomic E-state index is 12.1. The predicted molar refractivity (Wildman–Crippen MR) is 81.9 cm³/mol. The number of amides is 2. The van der Waals surface area contributed by atoms with E-state index in [1.807, 2.05) is 0 Å². The van der Waals surface area contributed by atoms with Gasteiger partial charge in [-0.15, -0.1) is 0 Å². The standard InChI is InChI=1S/C14H17N7O2/c22-13(20-9-1-3-15-4-2-9)11-7-17-12(8-16-11)14(23)21-10-5-18-19-6-10/h5-9,15H,1-4H2,(H,18,19)(H,20,22)(H,21,23). The number of hydrogen-bond donors (Lipinski definition) is 4. The summed E-state index contributed by atoms with van der Waals surface area (Å²) in [5.74, 6) is -0.685. The molecule has 2 aromatic heterocycles. The lowest BCUT2D eigenvalue weighted by molar-refractivity contribution is 0.0922. The van der Waals surface area contributed by atoms with Crippen LogP contribution in [0.25, 0.3) is 0 Å². The van der Waals surface area contributed by atoms with Gasteiger partial charge in [0.05, 0.1) is 24.3 Å². The van der Waals surface area contributed by atoms with E-state index in [2.05, 4.69) is 36.1 Å². The number of nitrogens with one attached hydrogen (secondary N) is 4. The van der Waals surface area contributed by atoms with Gasteiger partial charge in [0.2, 0.25) is 0 Å². The van der Waals surface area contributed by atoms with E-state index in [9.17, 15) is 9.59 Å². The molecule has 0 unspecified atom stereocenters. The summed E-state index contributed by atoms with van der Waals surface area (Å²) < 4.78 is 0. The van der Waals surface area contributed by atoms with Crippen LogP contribution >= 0.6 is 0 Å². The zero-order valence-electron chi connectivity index (χ0n) is 12.4. The van der Waals surface area contributed by atoms with Crippen molar-refractivity contribution in [2.75, 3.05) is 18.4 Å². The normalized spacial score (nSPS) is 15.1. The molecule has 0 bridgehead atoms. The van der Waals surface area contributed by atoms with Crippen LogP contribution in [0, 0.1) is 0 Å². The summed E-state index contributed by atoms with van der Waals surface area (Å²) in [6.07, 6.45) is 7.40. The fraction of sp³-hybridized carbons (Fsp3) is 0.357. The first-order valence-corrected chi connectivity index (χ1v) is 7.36. The van der Waals surface area contributed by atoms with Crippen molar-refractivity contribution in [3.63, 3.8) is 0 Å². The van der Waals surface area contributed by atoms with Crippen molar-refractivity contribution in [2.24, 2.45) is 0 Å². The monoisotopic (exact) mass is 315 g/mol. The highest BCUT2D eigenvalue weighted by atomic mass is 16.2. The predicted octanol–water partition coefficient (Wildman–Crippen LogP) is -0.0662. The van der Waals surface area contributed by atoms with Gasteiger partial charge in [-0.05, 0) is 25.9 Å². The first-order chi connectivity index (χ1) is 11.2. The third-order valence-corrected chi connectivity index (χ3v) is 3.55. The number of anilines is 1. The van der Waals surface area contributed by atoms with Gasteiger partial charge in [0, 0.05) is 12.2 Å². The Balaban J connectivity index is 1.59. The number of hydrogen-bond acceptors (Lipinski definition) is 6. The van der Waals surface area contributed by atoms with Crippen molar-refractivity contribution in [3.8, 4) is 0 Å². The van der Waals surface area contributed by atoms with Crippen molar-refractivity contribution in [1.29, 1.82) is 0 Å². The molecule has 9 nitrogen and oxygen atoms in total. The fourth-order valence-electron chi connectivity index (χ4n) is 2.30. The van der Waals surface area contributed by atoms with E-state index in [0.717, 1.165) is 25.9 Å². The van der Waals surface area contributed by atoms with Gasteiger partial charge in [0.15, 0.2) is 0 Å². The molecule has 1 aliphatic heterocycles. The number of carbonyl (C=O) groups excluding carboxylic acids is 2. The SMILES string of the molecule is O=C(Nc1cn[nH]c1)c1cnc(C(=O)NC2CCNCC2)cn1. The first kappa shape index (κ1) is 15.1. The van der Waals surface area contributed by atoms with Crippen LogP contribution in [-0.4, -0.2) is 51.1 Å². The molecule has 1 saturated heterocycles. The molecular formula is C14H17N7O2. The molecule has 0 atom stereocenters. The van der Waals surface area contributed by atoms with Crippen LogP contribution in [0.1, 0.15) is 33.8 Å². The molecule has 120 valence electrons. The highest BCUT2D eigenvalue weighted by Gasteiger charge is 2.18. The number of nitrogens with zero attached hydrogens (tertiary/aromatic N) is 3. The summed E-state index contributed by atoms with van der Waals surface area (Å²) in [6.45, 7) is 1.79. The highest BCUT2D eigenvalue weighted by molar-refractivity contribution is 6.02. The molecule has 3 heterocycles. The Morgan fingerprint density at radius 1 is 1.04 bits per heavy atom. The lowest BCUT2D eigenvalue weighted by Crippen LogP contribution is -2.43. The largest absolute Gasteiger partial charge is 0.348 e. The summed E-state index contributed by atoms with van der Waals surface area (Å²) in [5.41, 5.74) is 0.859. The van der Waals surface area contributed by atoms with Crippen LogP contribution in [-0.2, 0) is 0 Å². The van der Waals surface area contributed by atoms with E-state index in [-0.39, 0.29) is 23.3 Å². The highest BCUT2D eigenvalue weighted by Crippen LogP contribution is 2.06. The van der Waals surface area contributed by atoms with Gasteiger partial charge in [-0.2, -0.15) is 5.10 Å². The van der Waals surface area contributed by atoms with Gasteiger partial charge in [-0.1, -0.05) is 0 Å². The van der Waals surface area contributed by atoms with E-state index in [1.165, 1.54) is 18.6 Å². The summed E-state index contributed by atoms with van der Waals surface area (Å²) in [7, 11) is 0. The second-order valence-corrected chi connectivity index (χ2v) is 5.23. The van der Waals surface area contributed by atoms with Gasteiger partial charge in [-0.3, -0.25) is 14.7 Å². The third-order valence-electron chi connectivity index (χ3n) is 3.55. The Labute approximate surface area is 132 Å². The lowest BCUT2D eigenvalue weighted by Gasteiger charge is -2.23. The first-order valence-electron chi connectivity index (χ1n) is 7.36. The van der Waals surface area contributed by atoms with Crippen molar-refractivity contribution in [2.45, 2.75) is 18.9 Å². The minimum Gasteiger partial charge on any atom is -0.348 e. The zero-order chi connectivity index (χ0) is 16.1. The van der Waals surface area contributed by atoms with E-state index in [0.29, 0.717) is 5.69 Å². The molecule has 23 heavy (non-hydrogen) atoms. The van der Waals surface area contributed by atoms with Crippen LogP contribution in [0.4, 0.5) is 5.69 Å². The van der Waals surface area contributed by atoms with Crippen LogP contribution in [0.15, 0.2) is 24.8 Å². The Kier molecular flexibility index (Phi) is 4.57. The third kappa shape index (κ3) is 3.89. The van der Waals surface area contributed by atoms with Crippen LogP contribution < -0.4 is 16.0 Å². The van der Waals surface area contributed by atoms with Crippen molar-refractivity contribution in [1.82, 2.24) is 30.8 Å². The number of piperidine rings is 1. The molecule has 9 heteroatoms. The van der Waals surface area contributed by atoms with E-state index in [4.69, 9.17) is 0 Å². The quantitative estimate of drug-likeness (QED) is 0.626. The van der Waals surface area contributed by atoms with Gasteiger partial charge < -0.3 is 16.0 Å². The van der Waals surface area contributed by atoms with Gasteiger partial charge in [-0.25, -0.2) is 9.97 Å². The van der Waals surface area contributed by atoms with Crippen molar-refractivity contribution >= 4 is 17.5 Å². The summed E-state index contributed by atoms with van der Waals surface area (Å²) in [4.78, 5) is 32.1. The molecule has 2 aromatic rings. The molecule has 1 aliphatic rings. The average molecular weight is 315 g/mol. The van der Waals surface area contributed by atoms with E-state index in [1.54, 1.807) is 6.20 Å². The fourth-order valence-corrected chi connectivity index (χ4v) is 2.30. The smallest absolute Gasteiger partial charge is 0.275 e. The van der Waals surface area contributed by atoms with E-state index < -0.39 is 5.91 Å². The average Bonchev–Trinajstić information content (AvgIpc) is 3.09. The Hall–Kier alpha value is -2.81. The molecule has 4 N–H and O–H groups in total. The maximum Gasteiger partial charge on any atom is 0.275 e. The van der Waals surface area contributed by atoms with Crippen molar-refractivity contribution < 1.29 is 9.59 Å². The molecule has 2 amide bonds. The Morgan fingerprint density at radius 2 is 1.74 bits per heavy atom. The van der Waals surface area contributed by atoms with Crippen LogP contribution in [0.5, 0.6) is 0 Å². The molecule has 3 rings (SSSR count). The summed E-state index contributed by atoms with van der Waals surface area (Å²) in [5, 5.41) is 15.1. The molecule has 0 aliphatic carbocycles. The molecule has 1 fully saturated rings. The van der Waals surface area contributed by atoms with Crippen molar-refractivity contribution in [3.05, 3.63) is 36.2 Å². The number of H-pyrrole nitrogens is 1. The van der Waals surface area contributed by atoms with Crippen LogP contribution in [0.2, 0.25) is 0 Å². The van der Waals surface area contributed by atoms with Crippen LogP contribution in [0.3, 0.4) is 0 Å². The number of rotatable bonds is 4. The van der Waals surface area contributed by atoms with Gasteiger partial charge in [0.1, 0.15) is 11.4 Å². The van der Waals surface area contributed by atoms with E-state index >= 15 is 0 Å². The summed E-state index contributed by atoms with van der Waals surface area (Å²) in [6, 6.07) is 0.148. The maximum absolute atomic E-state index is 12.1. The minimum atomic E-state index is -0.413. The molecule has 0 radical (unpaired) electrons. The number of aromatic amines is 1. The topological polar surface area (TPSA) is 125 Å². The second kappa shape index (κ2) is 6.97. The molecule has 0 aromatic carbocycles. The molecule has 0 saturated carbocycles. The Bertz CT molecular complexity index is 663. The second-order valence-electron chi connectivity index (χ2n) is 5.23. The lowest BCUT2D eigenvalue weighted by atomic mass is 10.1. The number of carbonyl (C=O) groups is 2.